The number of carbonyl (C=O) groups excluding carboxylic acids is 1. The molecule has 1 aromatic heterocycles. The molecular formula is C18H15BrFN3O2S. The molecule has 0 radical (unpaired) electrons. The molecule has 1 atom stereocenters. The van der Waals surface area contributed by atoms with Crippen LogP contribution in [0.25, 0.3) is 11.5 Å². The molecule has 3 rings (SSSR count). The number of carbonyl (C=O) groups is 1. The van der Waals surface area contributed by atoms with Crippen molar-refractivity contribution in [3.8, 4) is 11.5 Å². The standard InChI is InChI=1S/C18H15BrFN3O2S/c1-11(12-2-6-14(19)7-3-12)21-16(24)10-26-18-23-22-17(25-18)13-4-8-15(20)9-5-13/h2-9,11H,10H2,1H3,(H,21,24)/t11-/m1/s1. The van der Waals surface area contributed by atoms with Gasteiger partial charge in [-0.1, -0.05) is 39.8 Å². The molecule has 0 aliphatic rings. The van der Waals surface area contributed by atoms with Crippen molar-refractivity contribution in [3.63, 3.8) is 0 Å². The summed E-state index contributed by atoms with van der Waals surface area (Å²) in [6.45, 7) is 1.92. The molecule has 1 N–H and O–H groups in total. The average Bonchev–Trinajstić information content (AvgIpc) is 3.10. The van der Waals surface area contributed by atoms with Gasteiger partial charge in [-0.3, -0.25) is 4.79 Å². The van der Waals surface area contributed by atoms with Gasteiger partial charge in [0.2, 0.25) is 11.8 Å². The molecule has 0 bridgehead atoms. The lowest BCUT2D eigenvalue weighted by Crippen LogP contribution is -2.28. The summed E-state index contributed by atoms with van der Waals surface area (Å²) in [4.78, 5) is 12.1. The van der Waals surface area contributed by atoms with Crippen molar-refractivity contribution in [1.29, 1.82) is 0 Å². The molecule has 0 aliphatic heterocycles. The minimum Gasteiger partial charge on any atom is -0.411 e. The van der Waals surface area contributed by atoms with Crippen LogP contribution in [0.4, 0.5) is 4.39 Å². The molecule has 0 spiro atoms. The third-order valence-electron chi connectivity index (χ3n) is 3.57. The lowest BCUT2D eigenvalue weighted by atomic mass is 10.1. The summed E-state index contributed by atoms with van der Waals surface area (Å²) in [7, 11) is 0. The van der Waals surface area contributed by atoms with E-state index in [0.29, 0.717) is 5.56 Å². The van der Waals surface area contributed by atoms with E-state index in [1.165, 1.54) is 12.1 Å². The van der Waals surface area contributed by atoms with Gasteiger partial charge < -0.3 is 9.73 Å². The molecule has 3 aromatic rings. The Labute approximate surface area is 162 Å². The van der Waals surface area contributed by atoms with E-state index in [1.807, 2.05) is 31.2 Å². The fourth-order valence-electron chi connectivity index (χ4n) is 2.22. The van der Waals surface area contributed by atoms with Crippen molar-refractivity contribution in [1.82, 2.24) is 15.5 Å². The Morgan fingerprint density at radius 1 is 1.19 bits per heavy atom. The summed E-state index contributed by atoms with van der Waals surface area (Å²) >= 11 is 4.54. The van der Waals surface area contributed by atoms with Crippen LogP contribution in [0.15, 0.2) is 62.6 Å². The van der Waals surface area contributed by atoms with Crippen molar-refractivity contribution in [2.24, 2.45) is 0 Å². The Morgan fingerprint density at radius 2 is 1.88 bits per heavy atom. The van der Waals surface area contributed by atoms with Gasteiger partial charge in [-0.05, 0) is 48.9 Å². The first-order valence-electron chi connectivity index (χ1n) is 7.78. The number of amides is 1. The van der Waals surface area contributed by atoms with Gasteiger partial charge in [-0.2, -0.15) is 0 Å². The third kappa shape index (κ3) is 4.92. The first-order chi connectivity index (χ1) is 12.5. The van der Waals surface area contributed by atoms with E-state index in [4.69, 9.17) is 4.42 Å². The van der Waals surface area contributed by atoms with Crippen molar-refractivity contribution in [3.05, 3.63) is 64.4 Å². The van der Waals surface area contributed by atoms with Crippen LogP contribution in [0.3, 0.4) is 0 Å². The van der Waals surface area contributed by atoms with Crippen LogP contribution in [0.2, 0.25) is 0 Å². The molecule has 0 unspecified atom stereocenters. The topological polar surface area (TPSA) is 68.0 Å². The van der Waals surface area contributed by atoms with Crippen LogP contribution in [0.5, 0.6) is 0 Å². The second kappa shape index (κ2) is 8.46. The smallest absolute Gasteiger partial charge is 0.277 e. The van der Waals surface area contributed by atoms with Crippen LogP contribution >= 0.6 is 27.7 Å². The maximum absolute atomic E-state index is 12.9. The van der Waals surface area contributed by atoms with E-state index in [2.05, 4.69) is 31.4 Å². The Bertz CT molecular complexity index is 884. The summed E-state index contributed by atoms with van der Waals surface area (Å²) in [5, 5.41) is 11.0. The lowest BCUT2D eigenvalue weighted by molar-refractivity contribution is -0.119. The van der Waals surface area contributed by atoms with Gasteiger partial charge in [0.05, 0.1) is 11.8 Å². The van der Waals surface area contributed by atoms with E-state index in [0.717, 1.165) is 21.8 Å². The number of benzene rings is 2. The minimum absolute atomic E-state index is 0.103. The summed E-state index contributed by atoms with van der Waals surface area (Å²) in [6, 6.07) is 13.4. The summed E-state index contributed by atoms with van der Waals surface area (Å²) in [5.74, 6) is -0.0196. The van der Waals surface area contributed by atoms with Crippen molar-refractivity contribution in [2.45, 2.75) is 18.2 Å². The number of hydrogen-bond acceptors (Lipinski definition) is 5. The molecule has 1 amide bonds. The van der Waals surface area contributed by atoms with E-state index in [-0.39, 0.29) is 34.6 Å². The van der Waals surface area contributed by atoms with Crippen molar-refractivity contribution >= 4 is 33.6 Å². The summed E-state index contributed by atoms with van der Waals surface area (Å²) in [5.41, 5.74) is 1.64. The van der Waals surface area contributed by atoms with Gasteiger partial charge in [-0.25, -0.2) is 4.39 Å². The molecule has 134 valence electrons. The highest BCUT2D eigenvalue weighted by Crippen LogP contribution is 2.23. The average molecular weight is 436 g/mol. The summed E-state index contributed by atoms with van der Waals surface area (Å²) < 4.78 is 19.4. The fraction of sp³-hybridized carbons (Fsp3) is 0.167. The van der Waals surface area contributed by atoms with Crippen LogP contribution in [0.1, 0.15) is 18.5 Å². The maximum Gasteiger partial charge on any atom is 0.277 e. The number of thioether (sulfide) groups is 1. The molecule has 8 heteroatoms. The van der Waals surface area contributed by atoms with Gasteiger partial charge in [0.25, 0.3) is 5.22 Å². The second-order valence-electron chi connectivity index (χ2n) is 5.51. The quantitative estimate of drug-likeness (QED) is 0.572. The van der Waals surface area contributed by atoms with Gasteiger partial charge in [0.1, 0.15) is 5.82 Å². The highest BCUT2D eigenvalue weighted by molar-refractivity contribution is 9.10. The highest BCUT2D eigenvalue weighted by Gasteiger charge is 2.13. The van der Waals surface area contributed by atoms with E-state index < -0.39 is 0 Å². The van der Waals surface area contributed by atoms with Gasteiger partial charge in [-0.15, -0.1) is 10.2 Å². The summed E-state index contributed by atoms with van der Waals surface area (Å²) in [6.07, 6.45) is 0. The van der Waals surface area contributed by atoms with Crippen molar-refractivity contribution in [2.75, 3.05) is 5.75 Å². The normalized spacial score (nSPS) is 12.0. The third-order valence-corrected chi connectivity index (χ3v) is 4.92. The van der Waals surface area contributed by atoms with Crippen LogP contribution in [-0.2, 0) is 4.79 Å². The molecule has 0 saturated heterocycles. The first kappa shape index (κ1) is 18.6. The van der Waals surface area contributed by atoms with Crippen LogP contribution < -0.4 is 5.32 Å². The van der Waals surface area contributed by atoms with E-state index >= 15 is 0 Å². The predicted octanol–water partition coefficient (Wildman–Crippen LogP) is 4.61. The Morgan fingerprint density at radius 3 is 2.58 bits per heavy atom. The molecule has 5 nitrogen and oxygen atoms in total. The number of hydrogen-bond donors (Lipinski definition) is 1. The molecule has 26 heavy (non-hydrogen) atoms. The SMILES string of the molecule is C[C@@H](NC(=O)CSc1nnc(-c2ccc(F)cc2)o1)c1ccc(Br)cc1. The fourth-order valence-corrected chi connectivity index (χ4v) is 3.06. The monoisotopic (exact) mass is 435 g/mol. The number of halogens is 2. The van der Waals surface area contributed by atoms with E-state index in [9.17, 15) is 9.18 Å². The maximum atomic E-state index is 12.9. The largest absolute Gasteiger partial charge is 0.411 e. The number of rotatable bonds is 6. The number of aromatic nitrogens is 2. The zero-order valence-electron chi connectivity index (χ0n) is 13.8. The van der Waals surface area contributed by atoms with Gasteiger partial charge in [0, 0.05) is 10.0 Å². The Kier molecular flexibility index (Phi) is 6.05. The molecular weight excluding hydrogens is 421 g/mol. The molecule has 2 aromatic carbocycles. The van der Waals surface area contributed by atoms with Gasteiger partial charge >= 0.3 is 0 Å². The predicted molar refractivity (Wildman–Crippen MR) is 101 cm³/mol. The molecule has 0 saturated carbocycles. The van der Waals surface area contributed by atoms with Crippen LogP contribution in [-0.4, -0.2) is 21.9 Å². The highest BCUT2D eigenvalue weighted by atomic mass is 79.9. The zero-order chi connectivity index (χ0) is 18.5. The lowest BCUT2D eigenvalue weighted by Gasteiger charge is -2.13. The zero-order valence-corrected chi connectivity index (χ0v) is 16.2. The molecule has 1 heterocycles. The van der Waals surface area contributed by atoms with E-state index in [1.54, 1.807) is 12.1 Å². The Hall–Kier alpha value is -2.19. The van der Waals surface area contributed by atoms with Crippen molar-refractivity contribution < 1.29 is 13.6 Å². The molecule has 0 fully saturated rings. The Balaban J connectivity index is 1.53. The first-order valence-corrected chi connectivity index (χ1v) is 9.56. The number of nitrogens with one attached hydrogen (secondary N) is 1. The van der Waals surface area contributed by atoms with Gasteiger partial charge in [0.15, 0.2) is 0 Å². The minimum atomic E-state index is -0.334. The second-order valence-corrected chi connectivity index (χ2v) is 7.35. The molecule has 0 aliphatic carbocycles. The number of nitrogens with zero attached hydrogens (tertiary/aromatic N) is 2. The van der Waals surface area contributed by atoms with Crippen LogP contribution in [0, 0.1) is 5.82 Å².